The van der Waals surface area contributed by atoms with Crippen LogP contribution in [0, 0.1) is 0 Å². The van der Waals surface area contributed by atoms with Gasteiger partial charge in [0.2, 0.25) is 5.75 Å². The van der Waals surface area contributed by atoms with E-state index in [1.165, 1.54) is 142 Å². The van der Waals surface area contributed by atoms with Crippen LogP contribution < -0.4 is 38.6 Å². The Hall–Kier alpha value is -5.79. The van der Waals surface area contributed by atoms with Crippen molar-refractivity contribution in [1.82, 2.24) is 0 Å². The molecule has 4 aliphatic heterocycles. The number of nitrogens with zero attached hydrogens (tertiary/aromatic N) is 2. The number of hydrogen-bond acceptors (Lipinski definition) is 11. The first-order chi connectivity index (χ1) is 42.7. The number of benzene rings is 4. The van der Waals surface area contributed by atoms with Crippen LogP contribution in [0.15, 0.2) is 60.7 Å². The third-order valence-electron chi connectivity index (χ3n) is 20.1. The van der Waals surface area contributed by atoms with Gasteiger partial charge >= 0.3 is 5.97 Å². The molecule has 0 amide bonds. The van der Waals surface area contributed by atoms with Crippen LogP contribution in [0.3, 0.4) is 0 Å². The van der Waals surface area contributed by atoms with E-state index in [1.807, 2.05) is 55.6 Å². The number of likely N-dealkylation sites (N-methyl/N-ethyl adjacent to an activating group) is 2. The third-order valence-corrected chi connectivity index (χ3v) is 20.1. The maximum atomic E-state index is 13.9. The van der Waals surface area contributed by atoms with Gasteiger partial charge in [-0.15, -0.1) is 0 Å². The van der Waals surface area contributed by atoms with Crippen molar-refractivity contribution >= 4 is 17.9 Å². The number of ether oxygens (including phenoxy) is 6. The van der Waals surface area contributed by atoms with E-state index in [9.17, 15) is 24.6 Å². The fourth-order valence-corrected chi connectivity index (χ4v) is 14.8. The van der Waals surface area contributed by atoms with Gasteiger partial charge < -0.3 is 57.2 Å². The molecule has 0 aliphatic carbocycles. The number of hydrogen-bond donors (Lipinski definition) is 0. The summed E-state index contributed by atoms with van der Waals surface area (Å²) < 4.78 is 38.8. The molecule has 6 atom stereocenters. The number of rotatable bonds is 38. The topological polar surface area (TPSA) is 153 Å². The maximum absolute atomic E-state index is 13.9. The number of carboxylic acid groups (broad SMARTS) is 2. The van der Waals surface area contributed by atoms with Gasteiger partial charge in [-0.3, -0.25) is 4.79 Å². The first-order valence-electron chi connectivity index (χ1n) is 34.5. The Morgan fingerprint density at radius 3 is 1.39 bits per heavy atom. The molecule has 0 N–H and O–H groups in total. The molecule has 0 fully saturated rings. The number of methoxy groups -OCH3 is 3. The van der Waals surface area contributed by atoms with E-state index in [0.717, 1.165) is 79.2 Å². The minimum Gasteiger partial charge on any atom is -0.544 e. The quantitative estimate of drug-likeness (QED) is 0.0182. The van der Waals surface area contributed by atoms with Crippen LogP contribution in [0.25, 0.3) is 0 Å². The standard InChI is InChI=1S/C75H110N2O11/c1-9-11-13-15-17-19-21-23-25-27-29-31-33-35-37-62(74(79)80)76(4)47-45-58-52-67(84-7)69-54-61(58)64(76)49-56-39-42-60(43-40-56)87-68-51-57(41-44-66(68)83-6)50-65-71-59(53-70(85-8)72(73(71)88-69)86-55(3)78)46-48-77(65,5)63(75(81)82)38-36-34-32-30-28-26-24-22-20-18-16-14-12-10-2/h39-44,51-54,62-65H,9-38,45-50H2,1-8H3. The van der Waals surface area contributed by atoms with Crippen molar-refractivity contribution in [3.8, 4) is 46.0 Å². The van der Waals surface area contributed by atoms with E-state index in [1.54, 1.807) is 14.2 Å². The molecule has 4 aliphatic rings. The van der Waals surface area contributed by atoms with Crippen LogP contribution in [0.2, 0.25) is 0 Å². The molecule has 0 spiro atoms. The summed E-state index contributed by atoms with van der Waals surface area (Å²) in [5, 5.41) is 27.7. The van der Waals surface area contributed by atoms with E-state index in [0.29, 0.717) is 91.7 Å². The lowest BCUT2D eigenvalue weighted by atomic mass is 9.83. The Balaban J connectivity index is 1.24. The molecule has 0 radical (unpaired) electrons. The van der Waals surface area contributed by atoms with Crippen LogP contribution in [0.4, 0.5) is 0 Å². The van der Waals surface area contributed by atoms with Gasteiger partial charge in [-0.1, -0.05) is 199 Å². The van der Waals surface area contributed by atoms with Gasteiger partial charge in [-0.05, 0) is 77.6 Å². The average molecular weight is 1220 g/mol. The molecule has 8 rings (SSSR count). The third kappa shape index (κ3) is 18.9. The number of carbonyl (C=O) groups is 3. The van der Waals surface area contributed by atoms with Gasteiger partial charge in [0, 0.05) is 51.0 Å². The van der Waals surface area contributed by atoms with Gasteiger partial charge in [0.25, 0.3) is 0 Å². The van der Waals surface area contributed by atoms with Gasteiger partial charge in [0.1, 0.15) is 29.9 Å². The summed E-state index contributed by atoms with van der Waals surface area (Å²) in [6, 6.07) is 17.1. The van der Waals surface area contributed by atoms with Crippen LogP contribution in [-0.4, -0.2) is 87.5 Å². The fraction of sp³-hybridized carbons (Fsp3) is 0.640. The number of esters is 1. The second-order valence-corrected chi connectivity index (χ2v) is 26.5. The molecule has 6 bridgehead atoms. The Labute approximate surface area is 529 Å². The Kier molecular flexibility index (Phi) is 28.2. The van der Waals surface area contributed by atoms with Crippen molar-refractivity contribution in [3.05, 3.63) is 94.0 Å². The van der Waals surface area contributed by atoms with Gasteiger partial charge in [0.05, 0.1) is 66.0 Å². The summed E-state index contributed by atoms with van der Waals surface area (Å²) in [7, 11) is 8.86. The zero-order valence-electron chi connectivity index (χ0n) is 55.4. The Morgan fingerprint density at radius 2 is 0.920 bits per heavy atom. The molecule has 13 heteroatoms. The number of quaternary nitrogens is 2. The largest absolute Gasteiger partial charge is 0.544 e. The van der Waals surface area contributed by atoms with E-state index in [4.69, 9.17) is 28.4 Å². The molecule has 0 saturated heterocycles. The van der Waals surface area contributed by atoms with Gasteiger partial charge in [-0.25, -0.2) is 0 Å². The predicted octanol–water partition coefficient (Wildman–Crippen LogP) is 16.1. The first-order valence-corrected chi connectivity index (χ1v) is 34.5. The second kappa shape index (κ2) is 35.6. The molecule has 486 valence electrons. The minimum atomic E-state index is -1.11. The highest BCUT2D eigenvalue weighted by Crippen LogP contribution is 2.55. The minimum absolute atomic E-state index is 0.0685. The zero-order chi connectivity index (χ0) is 62.9. The normalized spacial score (nSPS) is 19.3. The molecule has 0 saturated carbocycles. The van der Waals surface area contributed by atoms with Crippen molar-refractivity contribution in [2.24, 2.45) is 0 Å². The first kappa shape index (κ1) is 69.7. The van der Waals surface area contributed by atoms with E-state index < -0.39 is 36.0 Å². The molecule has 88 heavy (non-hydrogen) atoms. The van der Waals surface area contributed by atoms with Crippen LogP contribution in [-0.2, 0) is 40.1 Å². The highest BCUT2D eigenvalue weighted by atomic mass is 16.6. The second-order valence-electron chi connectivity index (χ2n) is 26.5. The van der Waals surface area contributed by atoms with Crippen LogP contribution in [0.5, 0.6) is 46.0 Å². The lowest BCUT2D eigenvalue weighted by molar-refractivity contribution is -0.958. The summed E-state index contributed by atoms with van der Waals surface area (Å²) in [5.74, 6) is 0.244. The zero-order valence-corrected chi connectivity index (χ0v) is 55.4. The molecule has 6 unspecified atom stereocenters. The van der Waals surface area contributed by atoms with E-state index >= 15 is 0 Å². The molecule has 0 aromatic heterocycles. The number of unbranched alkanes of at least 4 members (excludes halogenated alkanes) is 26. The Bertz CT molecular complexity index is 2820. The monoisotopic (exact) mass is 1210 g/mol. The smallest absolute Gasteiger partial charge is 0.308 e. The van der Waals surface area contributed by atoms with Crippen LogP contribution >= 0.6 is 0 Å². The summed E-state index contributed by atoms with van der Waals surface area (Å²) in [6.07, 6.45) is 36.6. The summed E-state index contributed by atoms with van der Waals surface area (Å²) in [6.45, 7) is 6.89. The molecule has 13 nitrogen and oxygen atoms in total. The fourth-order valence-electron chi connectivity index (χ4n) is 14.8. The average Bonchev–Trinajstić information content (AvgIpc) is 0.769. The number of carboxylic acids is 2. The van der Waals surface area contributed by atoms with E-state index in [2.05, 4.69) is 33.0 Å². The van der Waals surface area contributed by atoms with Crippen molar-refractivity contribution in [2.75, 3.05) is 48.5 Å². The number of fused-ring (bicyclic) bond motifs is 2. The van der Waals surface area contributed by atoms with Crippen molar-refractivity contribution < 1.29 is 62.0 Å². The highest BCUT2D eigenvalue weighted by molar-refractivity contribution is 5.75. The Morgan fingerprint density at radius 1 is 0.500 bits per heavy atom. The van der Waals surface area contributed by atoms with Crippen molar-refractivity contribution in [1.29, 1.82) is 0 Å². The lowest BCUT2D eigenvalue weighted by Crippen LogP contribution is -2.63. The molecule has 4 aromatic carbocycles. The van der Waals surface area contributed by atoms with E-state index in [-0.39, 0.29) is 26.5 Å². The molecule has 4 aromatic rings. The summed E-state index contributed by atoms with van der Waals surface area (Å²) in [5.41, 5.74) is 5.37. The summed E-state index contributed by atoms with van der Waals surface area (Å²) >= 11 is 0. The molecular formula is C75H110N2O11. The van der Waals surface area contributed by atoms with Crippen LogP contribution in [0.1, 0.15) is 259 Å². The summed E-state index contributed by atoms with van der Waals surface area (Å²) in [4.78, 5) is 41.1. The lowest BCUT2D eigenvalue weighted by Gasteiger charge is -2.51. The maximum Gasteiger partial charge on any atom is 0.308 e. The highest BCUT2D eigenvalue weighted by Gasteiger charge is 2.49. The van der Waals surface area contributed by atoms with Gasteiger partial charge in [-0.2, -0.15) is 0 Å². The number of carbonyl (C=O) groups excluding carboxylic acids is 3. The SMILES string of the molecule is CCCCCCCCCCCCCCCCC(C(=O)[O-])[N+]1(C)CCc2cc(OC)c3cc2C1Cc1ccc(cc1)Oc1cc(ccc1OC)CC1c2c(cc(OC)c(OC(C)=O)c2O3)CC[N+]1(C)C(CCCCCCCCCCCCCCCC)C(=O)[O-]. The molecule has 4 heterocycles. The van der Waals surface area contributed by atoms with Gasteiger partial charge in [0.15, 0.2) is 34.5 Å². The molecular weight excluding hydrogens is 1100 g/mol. The number of aliphatic carboxylic acids is 2. The van der Waals surface area contributed by atoms with Crippen molar-refractivity contribution in [2.45, 2.75) is 263 Å². The predicted molar refractivity (Wildman–Crippen MR) is 347 cm³/mol. The van der Waals surface area contributed by atoms with Crippen molar-refractivity contribution in [3.63, 3.8) is 0 Å².